The third-order valence-corrected chi connectivity index (χ3v) is 3.99. The van der Waals surface area contributed by atoms with Gasteiger partial charge in [-0.2, -0.15) is 5.10 Å². The Morgan fingerprint density at radius 2 is 2.04 bits per heavy atom. The lowest BCUT2D eigenvalue weighted by Crippen LogP contribution is -2.23. The maximum atomic E-state index is 12.8. The largest absolute Gasteiger partial charge is 0.467 e. The first-order valence-corrected chi connectivity index (χ1v) is 7.82. The van der Waals surface area contributed by atoms with Crippen LogP contribution in [0.5, 0.6) is 0 Å². The molecule has 0 aliphatic rings. The summed E-state index contributed by atoms with van der Waals surface area (Å²) >= 11 is 0. The third kappa shape index (κ3) is 2.69. The van der Waals surface area contributed by atoms with Crippen LogP contribution in [0.1, 0.15) is 21.8 Å². The number of hydrogen-bond acceptors (Lipinski definition) is 5. The Bertz CT molecular complexity index is 1030. The first-order chi connectivity index (χ1) is 12.1. The average Bonchev–Trinajstić information content (AvgIpc) is 3.35. The molecule has 7 heteroatoms. The predicted octanol–water partition coefficient (Wildman–Crippen LogP) is 3.06. The second kappa shape index (κ2) is 5.94. The fraction of sp³-hybridized carbons (Fsp3) is 0.167. The van der Waals surface area contributed by atoms with E-state index in [0.29, 0.717) is 35.0 Å². The van der Waals surface area contributed by atoms with Crippen molar-refractivity contribution in [3.05, 3.63) is 59.9 Å². The van der Waals surface area contributed by atoms with Crippen molar-refractivity contribution < 1.29 is 13.6 Å². The molecule has 0 saturated carbocycles. The molecule has 4 aromatic rings. The average molecular weight is 336 g/mol. The Morgan fingerprint density at radius 1 is 1.24 bits per heavy atom. The number of carbonyl (C=O) groups excluding carboxylic acids is 1. The summed E-state index contributed by atoms with van der Waals surface area (Å²) in [6, 6.07) is 8.92. The topological polar surface area (TPSA) is 86.1 Å². The van der Waals surface area contributed by atoms with Gasteiger partial charge in [0.25, 0.3) is 5.91 Å². The minimum Gasteiger partial charge on any atom is -0.467 e. The number of carbonyl (C=O) groups is 1. The van der Waals surface area contributed by atoms with Gasteiger partial charge in [0.1, 0.15) is 11.5 Å². The van der Waals surface area contributed by atoms with Crippen LogP contribution < -0.4 is 5.32 Å². The van der Waals surface area contributed by atoms with Crippen molar-refractivity contribution in [2.24, 2.45) is 7.05 Å². The first-order valence-electron chi connectivity index (χ1n) is 7.82. The molecule has 0 bridgehead atoms. The van der Waals surface area contributed by atoms with E-state index in [1.807, 2.05) is 19.1 Å². The van der Waals surface area contributed by atoms with Gasteiger partial charge in [0, 0.05) is 7.05 Å². The van der Waals surface area contributed by atoms with Gasteiger partial charge in [-0.3, -0.25) is 9.48 Å². The second-order valence-corrected chi connectivity index (χ2v) is 5.70. The SMILES string of the molecule is Cc1nn(C)c2nc(-c3ccco3)cc(C(=O)NCc3ccco3)c12. The summed E-state index contributed by atoms with van der Waals surface area (Å²) in [4.78, 5) is 17.4. The Balaban J connectivity index is 1.79. The molecule has 7 nitrogen and oxygen atoms in total. The molecular formula is C18H16N4O3. The Labute approximate surface area is 143 Å². The number of rotatable bonds is 4. The number of nitrogens with zero attached hydrogens (tertiary/aromatic N) is 3. The predicted molar refractivity (Wildman–Crippen MR) is 90.8 cm³/mol. The van der Waals surface area contributed by atoms with E-state index >= 15 is 0 Å². The van der Waals surface area contributed by atoms with E-state index in [4.69, 9.17) is 8.83 Å². The molecule has 25 heavy (non-hydrogen) atoms. The monoisotopic (exact) mass is 336 g/mol. The van der Waals surface area contributed by atoms with Crippen molar-refractivity contribution in [3.8, 4) is 11.5 Å². The number of amides is 1. The highest BCUT2D eigenvalue weighted by Crippen LogP contribution is 2.27. The van der Waals surface area contributed by atoms with Crippen molar-refractivity contribution in [1.82, 2.24) is 20.1 Å². The van der Waals surface area contributed by atoms with Crippen molar-refractivity contribution >= 4 is 16.9 Å². The van der Waals surface area contributed by atoms with Crippen molar-refractivity contribution in [3.63, 3.8) is 0 Å². The highest BCUT2D eigenvalue weighted by atomic mass is 16.3. The smallest absolute Gasteiger partial charge is 0.252 e. The van der Waals surface area contributed by atoms with Crippen LogP contribution in [0.25, 0.3) is 22.5 Å². The minimum absolute atomic E-state index is 0.215. The summed E-state index contributed by atoms with van der Waals surface area (Å²) in [5.74, 6) is 1.07. The molecule has 0 spiro atoms. The molecular weight excluding hydrogens is 320 g/mol. The fourth-order valence-electron chi connectivity index (χ4n) is 2.85. The molecule has 126 valence electrons. The molecule has 0 aliphatic heterocycles. The maximum Gasteiger partial charge on any atom is 0.252 e. The molecule has 4 aromatic heterocycles. The summed E-state index contributed by atoms with van der Waals surface area (Å²) < 4.78 is 12.4. The van der Waals surface area contributed by atoms with Crippen LogP contribution in [0.4, 0.5) is 0 Å². The van der Waals surface area contributed by atoms with E-state index in [9.17, 15) is 4.79 Å². The van der Waals surface area contributed by atoms with Crippen LogP contribution in [-0.2, 0) is 13.6 Å². The molecule has 0 atom stereocenters. The van der Waals surface area contributed by atoms with E-state index in [-0.39, 0.29) is 5.91 Å². The zero-order chi connectivity index (χ0) is 17.4. The molecule has 4 heterocycles. The lowest BCUT2D eigenvalue weighted by molar-refractivity contribution is 0.0949. The zero-order valence-corrected chi connectivity index (χ0v) is 13.8. The summed E-state index contributed by atoms with van der Waals surface area (Å²) in [6.45, 7) is 2.17. The van der Waals surface area contributed by atoms with E-state index in [1.54, 1.807) is 42.5 Å². The molecule has 1 amide bonds. The van der Waals surface area contributed by atoms with Crippen LogP contribution in [0.3, 0.4) is 0 Å². The lowest BCUT2D eigenvalue weighted by Gasteiger charge is -2.07. The van der Waals surface area contributed by atoms with E-state index in [0.717, 1.165) is 11.1 Å². The lowest BCUT2D eigenvalue weighted by atomic mass is 10.1. The Hall–Kier alpha value is -3.35. The first kappa shape index (κ1) is 15.2. The third-order valence-electron chi connectivity index (χ3n) is 3.99. The van der Waals surface area contributed by atoms with Crippen molar-refractivity contribution in [2.75, 3.05) is 0 Å². The standard InChI is InChI=1S/C18H16N4O3/c1-11-16-13(18(23)19-10-12-5-3-7-24-12)9-14(15-6-4-8-25-15)20-17(16)22(2)21-11/h3-9H,10H2,1-2H3,(H,19,23). The number of pyridine rings is 1. The van der Waals surface area contributed by atoms with Gasteiger partial charge in [-0.15, -0.1) is 0 Å². The van der Waals surface area contributed by atoms with Crippen molar-refractivity contribution in [2.45, 2.75) is 13.5 Å². The highest BCUT2D eigenvalue weighted by molar-refractivity contribution is 6.07. The zero-order valence-electron chi connectivity index (χ0n) is 13.8. The Kier molecular flexibility index (Phi) is 3.61. The highest BCUT2D eigenvalue weighted by Gasteiger charge is 2.20. The summed E-state index contributed by atoms with van der Waals surface area (Å²) in [7, 11) is 1.80. The normalized spacial score (nSPS) is 11.1. The molecule has 0 fully saturated rings. The fourth-order valence-corrected chi connectivity index (χ4v) is 2.85. The van der Waals surface area contributed by atoms with E-state index in [1.165, 1.54) is 0 Å². The van der Waals surface area contributed by atoms with Crippen LogP contribution in [0, 0.1) is 6.92 Å². The van der Waals surface area contributed by atoms with Crippen LogP contribution in [0.15, 0.2) is 51.7 Å². The quantitative estimate of drug-likeness (QED) is 0.619. The number of hydrogen-bond donors (Lipinski definition) is 1. The molecule has 0 aliphatic carbocycles. The molecule has 0 radical (unpaired) electrons. The van der Waals surface area contributed by atoms with E-state index in [2.05, 4.69) is 15.4 Å². The molecule has 1 N–H and O–H groups in total. The maximum absolute atomic E-state index is 12.8. The van der Waals surface area contributed by atoms with E-state index < -0.39 is 0 Å². The Morgan fingerprint density at radius 3 is 2.76 bits per heavy atom. The van der Waals surface area contributed by atoms with Crippen LogP contribution in [-0.4, -0.2) is 20.7 Å². The van der Waals surface area contributed by atoms with Gasteiger partial charge in [0.2, 0.25) is 0 Å². The molecule has 0 unspecified atom stereocenters. The van der Waals surface area contributed by atoms with Gasteiger partial charge in [0.15, 0.2) is 11.4 Å². The van der Waals surface area contributed by atoms with Gasteiger partial charge in [-0.25, -0.2) is 4.98 Å². The van der Waals surface area contributed by atoms with Gasteiger partial charge in [-0.05, 0) is 37.3 Å². The number of furan rings is 2. The number of nitrogens with one attached hydrogen (secondary N) is 1. The number of aromatic nitrogens is 3. The molecule has 0 aromatic carbocycles. The van der Waals surface area contributed by atoms with Gasteiger partial charge >= 0.3 is 0 Å². The number of fused-ring (bicyclic) bond motifs is 1. The molecule has 0 saturated heterocycles. The minimum atomic E-state index is -0.215. The van der Waals surface area contributed by atoms with Gasteiger partial charge in [0.05, 0.1) is 35.7 Å². The van der Waals surface area contributed by atoms with Crippen LogP contribution in [0.2, 0.25) is 0 Å². The summed E-state index contributed by atoms with van der Waals surface area (Å²) in [6.07, 6.45) is 3.15. The van der Waals surface area contributed by atoms with Crippen LogP contribution >= 0.6 is 0 Å². The summed E-state index contributed by atoms with van der Waals surface area (Å²) in [5, 5.41) is 8.00. The summed E-state index contributed by atoms with van der Waals surface area (Å²) in [5.41, 5.74) is 2.48. The van der Waals surface area contributed by atoms with Gasteiger partial charge < -0.3 is 14.2 Å². The van der Waals surface area contributed by atoms with Crippen molar-refractivity contribution in [1.29, 1.82) is 0 Å². The van der Waals surface area contributed by atoms with Gasteiger partial charge in [-0.1, -0.05) is 0 Å². The second-order valence-electron chi connectivity index (χ2n) is 5.70. The number of aryl methyl sites for hydroxylation is 2. The molecule has 4 rings (SSSR count).